The third-order valence-electron chi connectivity index (χ3n) is 2.42. The Morgan fingerprint density at radius 1 is 1.38 bits per heavy atom. The first-order chi connectivity index (χ1) is 9.92. The molecule has 0 atom stereocenters. The second kappa shape index (κ2) is 7.65. The zero-order valence-corrected chi connectivity index (χ0v) is 12.0. The highest BCUT2D eigenvalue weighted by molar-refractivity contribution is 6.45. The van der Waals surface area contributed by atoms with Crippen LogP contribution in [0, 0.1) is 22.7 Å². The molecule has 110 valence electrons. The third kappa shape index (κ3) is 5.74. The summed E-state index contributed by atoms with van der Waals surface area (Å²) in [7, 11) is 0. The van der Waals surface area contributed by atoms with E-state index < -0.39 is 5.84 Å². The number of amides is 1. The number of amidine groups is 1. The van der Waals surface area contributed by atoms with E-state index in [4.69, 9.17) is 16.4 Å². The maximum absolute atomic E-state index is 11.6. The van der Waals surface area contributed by atoms with Crippen molar-refractivity contribution in [2.75, 3.05) is 10.7 Å². The van der Waals surface area contributed by atoms with Crippen LogP contribution in [0.25, 0.3) is 0 Å². The van der Waals surface area contributed by atoms with Crippen LogP contribution in [0.4, 0.5) is 11.4 Å². The van der Waals surface area contributed by atoms with Crippen LogP contribution in [-0.4, -0.2) is 17.5 Å². The fraction of sp³-hybridized carbons (Fsp3) is 0.286. The summed E-state index contributed by atoms with van der Waals surface area (Å²) in [5.74, 6) is -0.133. The van der Waals surface area contributed by atoms with Crippen LogP contribution in [0.2, 0.25) is 0 Å². The fourth-order valence-corrected chi connectivity index (χ4v) is 1.48. The number of carbonyl (C=O) groups is 1. The standard InChI is InChI=1S/C14H18N6O/c1-9(2)7-13(21)18-10-3-5-11(6-4-10)19-20-12(8-15)14(16)17/h3-6,9,19H,7H2,1-2H3,(H3,16,17)(H,18,21)/b20-12+. The molecule has 0 aliphatic rings. The van der Waals surface area contributed by atoms with E-state index >= 15 is 0 Å². The predicted octanol–water partition coefficient (Wildman–Crippen LogP) is 1.90. The van der Waals surface area contributed by atoms with Gasteiger partial charge in [0.05, 0.1) is 5.69 Å². The van der Waals surface area contributed by atoms with Gasteiger partial charge in [-0.1, -0.05) is 13.8 Å². The van der Waals surface area contributed by atoms with Gasteiger partial charge < -0.3 is 11.1 Å². The van der Waals surface area contributed by atoms with Crippen molar-refractivity contribution >= 4 is 28.8 Å². The molecule has 0 fully saturated rings. The minimum absolute atomic E-state index is 0.0351. The van der Waals surface area contributed by atoms with Crippen molar-refractivity contribution in [1.29, 1.82) is 10.7 Å². The summed E-state index contributed by atoms with van der Waals surface area (Å²) in [6, 6.07) is 8.54. The molecule has 0 saturated carbocycles. The zero-order chi connectivity index (χ0) is 15.8. The number of carbonyl (C=O) groups excluding carboxylic acids is 1. The van der Waals surface area contributed by atoms with Gasteiger partial charge in [0.1, 0.15) is 6.07 Å². The first-order valence-electron chi connectivity index (χ1n) is 6.40. The molecule has 5 N–H and O–H groups in total. The van der Waals surface area contributed by atoms with Gasteiger partial charge in [-0.05, 0) is 30.2 Å². The van der Waals surface area contributed by atoms with Crippen molar-refractivity contribution in [3.63, 3.8) is 0 Å². The Kier molecular flexibility index (Phi) is 5.89. The van der Waals surface area contributed by atoms with Gasteiger partial charge >= 0.3 is 0 Å². The Labute approximate surface area is 123 Å². The van der Waals surface area contributed by atoms with Gasteiger partial charge in [-0.2, -0.15) is 10.4 Å². The summed E-state index contributed by atoms with van der Waals surface area (Å²) in [6.45, 7) is 3.96. The van der Waals surface area contributed by atoms with Crippen LogP contribution in [0.5, 0.6) is 0 Å². The van der Waals surface area contributed by atoms with Crippen molar-refractivity contribution in [1.82, 2.24) is 0 Å². The van der Waals surface area contributed by atoms with Crippen molar-refractivity contribution in [3.8, 4) is 6.07 Å². The number of nitriles is 1. The fourth-order valence-electron chi connectivity index (χ4n) is 1.48. The molecule has 7 nitrogen and oxygen atoms in total. The lowest BCUT2D eigenvalue weighted by Crippen LogP contribution is -2.21. The summed E-state index contributed by atoms with van der Waals surface area (Å²) < 4.78 is 0. The molecule has 0 spiro atoms. The van der Waals surface area contributed by atoms with E-state index in [1.165, 1.54) is 0 Å². The highest BCUT2D eigenvalue weighted by atomic mass is 16.1. The third-order valence-corrected chi connectivity index (χ3v) is 2.42. The average molecular weight is 286 g/mol. The number of hydrogen-bond acceptors (Lipinski definition) is 5. The molecular weight excluding hydrogens is 268 g/mol. The number of hydrogen-bond donors (Lipinski definition) is 4. The molecule has 0 aromatic heterocycles. The molecule has 0 bridgehead atoms. The maximum Gasteiger partial charge on any atom is 0.224 e. The molecule has 1 rings (SSSR count). The normalized spacial score (nSPS) is 10.9. The van der Waals surface area contributed by atoms with Crippen molar-refractivity contribution in [2.24, 2.45) is 16.8 Å². The Hall–Kier alpha value is -2.88. The Bertz CT molecular complexity index is 582. The number of nitrogens with two attached hydrogens (primary N) is 1. The predicted molar refractivity (Wildman–Crippen MR) is 83.1 cm³/mol. The summed E-state index contributed by atoms with van der Waals surface area (Å²) in [4.78, 5) is 11.6. The van der Waals surface area contributed by atoms with E-state index in [2.05, 4.69) is 15.8 Å². The number of rotatable bonds is 6. The second-order valence-electron chi connectivity index (χ2n) is 4.82. The van der Waals surface area contributed by atoms with E-state index in [1.807, 2.05) is 13.8 Å². The van der Waals surface area contributed by atoms with Gasteiger partial charge in [-0.25, -0.2) is 0 Å². The SMILES string of the molecule is CC(C)CC(=O)Nc1ccc(N/N=C(\C#N)C(=N)N)cc1. The first-order valence-corrected chi connectivity index (χ1v) is 6.40. The van der Waals surface area contributed by atoms with Crippen LogP contribution in [0.3, 0.4) is 0 Å². The molecule has 1 aromatic carbocycles. The van der Waals surface area contributed by atoms with Crippen molar-refractivity contribution in [2.45, 2.75) is 20.3 Å². The van der Waals surface area contributed by atoms with E-state index in [1.54, 1.807) is 30.3 Å². The highest BCUT2D eigenvalue weighted by Crippen LogP contribution is 2.14. The summed E-state index contributed by atoms with van der Waals surface area (Å²) >= 11 is 0. The molecule has 21 heavy (non-hydrogen) atoms. The van der Waals surface area contributed by atoms with Crippen LogP contribution >= 0.6 is 0 Å². The molecule has 7 heteroatoms. The molecule has 0 saturated heterocycles. The lowest BCUT2D eigenvalue weighted by Gasteiger charge is -2.08. The molecule has 0 radical (unpaired) electrons. The minimum Gasteiger partial charge on any atom is -0.382 e. The quantitative estimate of drug-likeness (QED) is 0.362. The molecular formula is C14H18N6O. The van der Waals surface area contributed by atoms with Gasteiger partial charge in [0.25, 0.3) is 0 Å². The second-order valence-corrected chi connectivity index (χ2v) is 4.82. The van der Waals surface area contributed by atoms with E-state index in [0.29, 0.717) is 23.7 Å². The maximum atomic E-state index is 11.6. The Morgan fingerprint density at radius 3 is 2.43 bits per heavy atom. The number of nitrogens with zero attached hydrogens (tertiary/aromatic N) is 2. The van der Waals surface area contributed by atoms with E-state index in [0.717, 1.165) is 0 Å². The molecule has 0 heterocycles. The number of anilines is 2. The minimum atomic E-state index is -0.400. The zero-order valence-electron chi connectivity index (χ0n) is 12.0. The van der Waals surface area contributed by atoms with Crippen molar-refractivity contribution in [3.05, 3.63) is 24.3 Å². The van der Waals surface area contributed by atoms with Gasteiger partial charge in [0.15, 0.2) is 5.84 Å². The van der Waals surface area contributed by atoms with Crippen LogP contribution < -0.4 is 16.5 Å². The molecule has 1 amide bonds. The summed E-state index contributed by atoms with van der Waals surface area (Å²) in [5, 5.41) is 22.3. The van der Waals surface area contributed by atoms with E-state index in [-0.39, 0.29) is 11.6 Å². The Morgan fingerprint density at radius 2 is 1.95 bits per heavy atom. The van der Waals surface area contributed by atoms with Gasteiger partial charge in [0, 0.05) is 12.1 Å². The summed E-state index contributed by atoms with van der Waals surface area (Å²) in [6.07, 6.45) is 0.467. The Balaban J connectivity index is 2.65. The van der Waals surface area contributed by atoms with Gasteiger partial charge in [-0.15, -0.1) is 0 Å². The highest BCUT2D eigenvalue weighted by Gasteiger charge is 2.05. The van der Waals surface area contributed by atoms with Crippen LogP contribution in [-0.2, 0) is 4.79 Å². The lowest BCUT2D eigenvalue weighted by atomic mass is 10.1. The monoisotopic (exact) mass is 286 g/mol. The molecule has 1 aromatic rings. The number of benzene rings is 1. The van der Waals surface area contributed by atoms with Gasteiger partial charge in [-0.3, -0.25) is 15.6 Å². The number of nitrogens with one attached hydrogen (secondary N) is 3. The summed E-state index contributed by atoms with van der Waals surface area (Å²) in [5.41, 5.74) is 8.90. The smallest absolute Gasteiger partial charge is 0.224 e. The van der Waals surface area contributed by atoms with Crippen LogP contribution in [0.1, 0.15) is 20.3 Å². The van der Waals surface area contributed by atoms with Gasteiger partial charge in [0.2, 0.25) is 11.6 Å². The first kappa shape index (κ1) is 16.2. The van der Waals surface area contributed by atoms with Crippen molar-refractivity contribution < 1.29 is 4.79 Å². The number of hydrazone groups is 1. The average Bonchev–Trinajstić information content (AvgIpc) is 2.40. The topological polar surface area (TPSA) is 127 Å². The largest absolute Gasteiger partial charge is 0.382 e. The molecule has 0 aliphatic heterocycles. The molecule has 0 aliphatic carbocycles. The van der Waals surface area contributed by atoms with E-state index in [9.17, 15) is 4.79 Å². The van der Waals surface area contributed by atoms with Crippen LogP contribution in [0.15, 0.2) is 29.4 Å². The lowest BCUT2D eigenvalue weighted by molar-refractivity contribution is -0.116. The molecule has 0 unspecified atom stereocenters.